The molecule has 1 aromatic carbocycles. The lowest BCUT2D eigenvalue weighted by Gasteiger charge is -2.25. The summed E-state index contributed by atoms with van der Waals surface area (Å²) in [4.78, 5) is 11.2. The van der Waals surface area contributed by atoms with E-state index in [1.54, 1.807) is 0 Å². The summed E-state index contributed by atoms with van der Waals surface area (Å²) >= 11 is 3.44. The lowest BCUT2D eigenvalue weighted by atomic mass is 9.99. The summed E-state index contributed by atoms with van der Waals surface area (Å²) in [6, 6.07) is 6.07. The smallest absolute Gasteiger partial charge is 0.170 e. The highest BCUT2D eigenvalue weighted by Gasteiger charge is 2.20. The Morgan fingerprint density at radius 1 is 1.57 bits per heavy atom. The lowest BCUT2D eigenvalue weighted by Crippen LogP contribution is -2.30. The molecule has 1 aromatic rings. The third-order valence-corrected chi connectivity index (χ3v) is 3.34. The van der Waals surface area contributed by atoms with Crippen molar-refractivity contribution in [3.05, 3.63) is 28.2 Å². The van der Waals surface area contributed by atoms with E-state index in [9.17, 15) is 4.79 Å². The maximum atomic E-state index is 11.2. The molecule has 0 aliphatic carbocycles. The van der Waals surface area contributed by atoms with E-state index in [-0.39, 0.29) is 11.6 Å². The van der Waals surface area contributed by atoms with Crippen LogP contribution in [0, 0.1) is 0 Å². The zero-order valence-corrected chi connectivity index (χ0v) is 10.3. The molecule has 1 heterocycles. The molecule has 0 radical (unpaired) electrons. The minimum atomic E-state index is -0.0336. The van der Waals surface area contributed by atoms with Crippen LogP contribution >= 0.6 is 25.2 Å². The van der Waals surface area contributed by atoms with E-state index in [1.165, 1.54) is 5.56 Å². The van der Waals surface area contributed by atoms with Gasteiger partial charge in [0.05, 0.1) is 6.04 Å². The number of hydrogen-bond donors (Lipinski definition) is 1. The predicted octanol–water partition coefficient (Wildman–Crippen LogP) is 2.58. The van der Waals surface area contributed by atoms with E-state index in [1.807, 2.05) is 12.1 Å². The van der Waals surface area contributed by atoms with Crippen LogP contribution in [0.1, 0.15) is 12.0 Å². The van der Waals surface area contributed by atoms with Crippen LogP contribution in [0.3, 0.4) is 0 Å². The van der Waals surface area contributed by atoms with Gasteiger partial charge in [-0.05, 0) is 36.6 Å². The summed E-state index contributed by atoms with van der Waals surface area (Å²) in [7, 11) is 2.24. The van der Waals surface area contributed by atoms with Crippen molar-refractivity contribution in [2.45, 2.75) is 18.9 Å². The molecule has 14 heavy (non-hydrogen) atoms. The molecule has 1 aliphatic rings. The van der Waals surface area contributed by atoms with Crippen LogP contribution in [0.25, 0.3) is 0 Å². The van der Waals surface area contributed by atoms with Crippen molar-refractivity contribution in [3.63, 3.8) is 0 Å². The number of aryl methyl sites for hydroxylation is 1. The van der Waals surface area contributed by atoms with Crippen LogP contribution in [0.2, 0.25) is 0 Å². The Hall–Kier alpha value is -0.400. The quantitative estimate of drug-likeness (QED) is 0.796. The SMILES string of the molecule is O=C(P)C1CCc2cc(Br)ccc2N1. The Balaban J connectivity index is 2.27. The first-order chi connectivity index (χ1) is 6.66. The van der Waals surface area contributed by atoms with E-state index in [0.29, 0.717) is 0 Å². The second-order valence-electron chi connectivity index (χ2n) is 3.44. The second-order valence-corrected chi connectivity index (χ2v) is 4.92. The Morgan fingerprint density at radius 3 is 3.07 bits per heavy atom. The number of nitrogens with one attached hydrogen (secondary N) is 1. The van der Waals surface area contributed by atoms with Crippen molar-refractivity contribution in [3.8, 4) is 0 Å². The van der Waals surface area contributed by atoms with Crippen molar-refractivity contribution in [2.75, 3.05) is 5.32 Å². The van der Waals surface area contributed by atoms with Crippen LogP contribution in [-0.2, 0) is 11.2 Å². The predicted molar refractivity (Wildman–Crippen MR) is 64.6 cm³/mol. The van der Waals surface area contributed by atoms with E-state index < -0.39 is 0 Å². The molecule has 2 nitrogen and oxygen atoms in total. The van der Waals surface area contributed by atoms with Crippen molar-refractivity contribution in [2.24, 2.45) is 0 Å². The molecule has 74 valence electrons. The number of rotatable bonds is 1. The molecule has 2 unspecified atom stereocenters. The number of hydrogen-bond acceptors (Lipinski definition) is 2. The van der Waals surface area contributed by atoms with E-state index >= 15 is 0 Å². The van der Waals surface area contributed by atoms with Crippen molar-refractivity contribution in [1.82, 2.24) is 0 Å². The van der Waals surface area contributed by atoms with Gasteiger partial charge in [0.15, 0.2) is 5.52 Å². The van der Waals surface area contributed by atoms with Gasteiger partial charge in [-0.15, -0.1) is 0 Å². The van der Waals surface area contributed by atoms with Gasteiger partial charge in [-0.2, -0.15) is 0 Å². The Bertz CT molecular complexity index is 380. The molecule has 0 saturated heterocycles. The third kappa shape index (κ3) is 1.99. The first-order valence-electron chi connectivity index (χ1n) is 4.51. The summed E-state index contributed by atoms with van der Waals surface area (Å²) in [6.45, 7) is 0. The minimum Gasteiger partial charge on any atom is -0.375 e. The average molecular weight is 272 g/mol. The molecule has 0 aromatic heterocycles. The fourth-order valence-corrected chi connectivity index (χ4v) is 2.34. The highest BCUT2D eigenvalue weighted by Crippen LogP contribution is 2.28. The molecule has 0 spiro atoms. The summed E-state index contributed by atoms with van der Waals surface area (Å²) in [5.74, 6) is 0. The molecule has 2 atom stereocenters. The monoisotopic (exact) mass is 271 g/mol. The fourth-order valence-electron chi connectivity index (χ4n) is 1.68. The first kappa shape index (κ1) is 10.1. The molecular weight excluding hydrogens is 261 g/mol. The highest BCUT2D eigenvalue weighted by molar-refractivity contribution is 9.10. The molecule has 1 N–H and O–H groups in total. The molecule has 0 amide bonds. The van der Waals surface area contributed by atoms with Gasteiger partial charge < -0.3 is 5.32 Å². The normalized spacial score (nSPS) is 19.7. The van der Waals surface area contributed by atoms with Crippen LogP contribution in [0.5, 0.6) is 0 Å². The third-order valence-electron chi connectivity index (χ3n) is 2.44. The van der Waals surface area contributed by atoms with Crippen LogP contribution < -0.4 is 5.32 Å². The van der Waals surface area contributed by atoms with Gasteiger partial charge in [0.2, 0.25) is 0 Å². The number of halogens is 1. The van der Waals surface area contributed by atoms with E-state index in [2.05, 4.69) is 36.6 Å². The van der Waals surface area contributed by atoms with E-state index in [0.717, 1.165) is 23.0 Å². The number of carbonyl (C=O) groups excluding carboxylic acids is 1. The topological polar surface area (TPSA) is 29.1 Å². The minimum absolute atomic E-state index is 0.0336. The highest BCUT2D eigenvalue weighted by atomic mass is 79.9. The van der Waals surface area contributed by atoms with Crippen molar-refractivity contribution >= 4 is 36.4 Å². The van der Waals surface area contributed by atoms with E-state index in [4.69, 9.17) is 0 Å². The largest absolute Gasteiger partial charge is 0.375 e. The van der Waals surface area contributed by atoms with Gasteiger partial charge in [-0.3, -0.25) is 4.79 Å². The van der Waals surface area contributed by atoms with Gasteiger partial charge in [0.1, 0.15) is 0 Å². The second kappa shape index (κ2) is 4.00. The number of fused-ring (bicyclic) bond motifs is 1. The van der Waals surface area contributed by atoms with Crippen LogP contribution in [0.15, 0.2) is 22.7 Å². The fraction of sp³-hybridized carbons (Fsp3) is 0.300. The standard InChI is InChI=1S/C10H11BrNOP/c11-7-2-4-8-6(5-7)1-3-9(12-8)10(13)14/h2,4-5,9,12H,1,3,14H2. The summed E-state index contributed by atoms with van der Waals surface area (Å²) in [5, 5.41) is 3.23. The maximum Gasteiger partial charge on any atom is 0.170 e. The van der Waals surface area contributed by atoms with Gasteiger partial charge in [0.25, 0.3) is 0 Å². The molecule has 0 fully saturated rings. The maximum absolute atomic E-state index is 11.2. The molecule has 1 aliphatic heterocycles. The van der Waals surface area contributed by atoms with Crippen LogP contribution in [0.4, 0.5) is 5.69 Å². The lowest BCUT2D eigenvalue weighted by molar-refractivity contribution is -0.111. The summed E-state index contributed by atoms with van der Waals surface area (Å²) < 4.78 is 1.09. The Morgan fingerprint density at radius 2 is 2.36 bits per heavy atom. The number of benzene rings is 1. The van der Waals surface area contributed by atoms with Crippen LogP contribution in [-0.4, -0.2) is 11.6 Å². The zero-order chi connectivity index (χ0) is 10.1. The molecule has 4 heteroatoms. The van der Waals surface area contributed by atoms with Gasteiger partial charge in [-0.25, -0.2) is 0 Å². The Kier molecular flexibility index (Phi) is 2.89. The molecule has 0 bridgehead atoms. The van der Waals surface area contributed by atoms with Gasteiger partial charge in [0, 0.05) is 10.2 Å². The summed E-state index contributed by atoms with van der Waals surface area (Å²) in [6.07, 6.45) is 1.85. The molecule has 0 saturated carbocycles. The van der Waals surface area contributed by atoms with Gasteiger partial charge >= 0.3 is 0 Å². The Labute approximate surface area is 93.8 Å². The van der Waals surface area contributed by atoms with Crippen molar-refractivity contribution in [1.29, 1.82) is 0 Å². The number of carbonyl (C=O) groups is 1. The zero-order valence-electron chi connectivity index (χ0n) is 7.59. The first-order valence-corrected chi connectivity index (χ1v) is 5.88. The molecule has 2 rings (SSSR count). The molecular formula is C10H11BrNOP. The number of anilines is 1. The van der Waals surface area contributed by atoms with Crippen molar-refractivity contribution < 1.29 is 4.79 Å². The summed E-state index contributed by atoms with van der Waals surface area (Å²) in [5.41, 5.74) is 2.50. The van der Waals surface area contributed by atoms with Gasteiger partial charge in [-0.1, -0.05) is 25.2 Å². The average Bonchev–Trinajstić information content (AvgIpc) is 2.16.